The summed E-state index contributed by atoms with van der Waals surface area (Å²) in [5, 5.41) is 3.24. The fourth-order valence-corrected chi connectivity index (χ4v) is 3.01. The molecule has 2 heterocycles. The number of nitrogens with zero attached hydrogens (tertiary/aromatic N) is 1. The van der Waals surface area contributed by atoms with Gasteiger partial charge in [-0.1, -0.05) is 24.3 Å². The Bertz CT molecular complexity index is 580. The van der Waals surface area contributed by atoms with Gasteiger partial charge in [0, 0.05) is 30.3 Å². The molecule has 20 heavy (non-hydrogen) atoms. The smallest absolute Gasteiger partial charge is 0.142 e. The van der Waals surface area contributed by atoms with E-state index in [1.54, 1.807) is 0 Å². The first-order chi connectivity index (χ1) is 9.90. The Kier molecular flexibility index (Phi) is 2.98. The fourth-order valence-electron chi connectivity index (χ4n) is 3.01. The monoisotopic (exact) mass is 270 g/mol. The summed E-state index contributed by atoms with van der Waals surface area (Å²) in [6, 6.07) is 8.68. The summed E-state index contributed by atoms with van der Waals surface area (Å²) in [6.07, 6.45) is 5.52. The van der Waals surface area contributed by atoms with Gasteiger partial charge in [-0.3, -0.25) is 10.2 Å². The normalized spacial score (nSPS) is 25.5. The third-order valence-electron chi connectivity index (χ3n) is 4.10. The van der Waals surface area contributed by atoms with E-state index in [2.05, 4.69) is 34.5 Å². The van der Waals surface area contributed by atoms with Crippen molar-refractivity contribution in [1.29, 1.82) is 0 Å². The van der Waals surface area contributed by atoms with Crippen molar-refractivity contribution in [2.75, 3.05) is 20.0 Å². The molecule has 4 rings (SSSR count). The summed E-state index contributed by atoms with van der Waals surface area (Å²) < 4.78 is 11.5. The van der Waals surface area contributed by atoms with E-state index in [0.29, 0.717) is 19.5 Å². The Hall–Kier alpha value is -1.78. The van der Waals surface area contributed by atoms with Crippen LogP contribution in [-0.4, -0.2) is 30.9 Å². The van der Waals surface area contributed by atoms with Gasteiger partial charge < -0.3 is 9.47 Å². The molecule has 3 aliphatic rings. The molecular weight excluding hydrogens is 252 g/mol. The topological polar surface area (TPSA) is 33.7 Å². The minimum atomic E-state index is 0.394. The molecule has 1 N–H and O–H groups in total. The third kappa shape index (κ3) is 2.11. The lowest BCUT2D eigenvalue weighted by atomic mass is 9.98. The number of ether oxygens (including phenoxy) is 2. The second-order valence-corrected chi connectivity index (χ2v) is 5.41. The third-order valence-corrected chi connectivity index (χ3v) is 4.10. The van der Waals surface area contributed by atoms with E-state index in [1.807, 2.05) is 12.1 Å². The molecule has 1 fully saturated rings. The number of fused-ring (bicyclic) bond motifs is 2. The molecule has 0 spiro atoms. The van der Waals surface area contributed by atoms with Gasteiger partial charge in [0.2, 0.25) is 0 Å². The maximum Gasteiger partial charge on any atom is 0.142 e. The number of para-hydroxylation sites is 1. The van der Waals surface area contributed by atoms with Crippen LogP contribution in [0.3, 0.4) is 0 Å². The van der Waals surface area contributed by atoms with E-state index in [9.17, 15) is 0 Å². The van der Waals surface area contributed by atoms with Crippen molar-refractivity contribution in [1.82, 2.24) is 10.2 Å². The summed E-state index contributed by atoms with van der Waals surface area (Å²) in [5.41, 5.74) is 2.54. The highest BCUT2D eigenvalue weighted by atomic mass is 16.5. The van der Waals surface area contributed by atoms with E-state index >= 15 is 0 Å². The SMILES string of the molecule is C1=C2CNCOC2=CCC1N1COc2ccccc2C1. The van der Waals surface area contributed by atoms with Gasteiger partial charge in [-0.15, -0.1) is 0 Å². The van der Waals surface area contributed by atoms with Crippen molar-refractivity contribution in [3.8, 4) is 5.75 Å². The van der Waals surface area contributed by atoms with Crippen LogP contribution in [0.5, 0.6) is 5.75 Å². The van der Waals surface area contributed by atoms with E-state index in [0.717, 1.165) is 31.0 Å². The number of hydrogen-bond donors (Lipinski definition) is 1. The van der Waals surface area contributed by atoms with Crippen LogP contribution < -0.4 is 10.1 Å². The lowest BCUT2D eigenvalue weighted by molar-refractivity contribution is 0.0699. The zero-order valence-electron chi connectivity index (χ0n) is 11.3. The van der Waals surface area contributed by atoms with Crippen molar-refractivity contribution in [2.24, 2.45) is 0 Å². The molecule has 0 radical (unpaired) electrons. The molecular formula is C16H18N2O2. The zero-order valence-corrected chi connectivity index (χ0v) is 11.3. The molecule has 1 aromatic carbocycles. The lowest BCUT2D eigenvalue weighted by Crippen LogP contribution is -2.41. The van der Waals surface area contributed by atoms with Crippen LogP contribution in [0.2, 0.25) is 0 Å². The molecule has 1 aliphatic carbocycles. The average molecular weight is 270 g/mol. The number of benzene rings is 1. The summed E-state index contributed by atoms with van der Waals surface area (Å²) in [4.78, 5) is 2.37. The highest BCUT2D eigenvalue weighted by Gasteiger charge is 2.26. The van der Waals surface area contributed by atoms with Crippen LogP contribution in [0.15, 0.2) is 47.7 Å². The highest BCUT2D eigenvalue weighted by Crippen LogP contribution is 2.30. The van der Waals surface area contributed by atoms with Crippen LogP contribution in [0.1, 0.15) is 12.0 Å². The second kappa shape index (κ2) is 4.96. The van der Waals surface area contributed by atoms with Crippen LogP contribution in [0, 0.1) is 0 Å². The molecule has 4 heteroatoms. The van der Waals surface area contributed by atoms with Gasteiger partial charge >= 0.3 is 0 Å². The quantitative estimate of drug-likeness (QED) is 0.846. The first kappa shape index (κ1) is 12.0. The molecule has 2 aliphatic heterocycles. The van der Waals surface area contributed by atoms with Crippen molar-refractivity contribution >= 4 is 0 Å². The Balaban J connectivity index is 1.53. The molecule has 0 bridgehead atoms. The zero-order chi connectivity index (χ0) is 13.4. The van der Waals surface area contributed by atoms with Crippen LogP contribution in [0.4, 0.5) is 0 Å². The lowest BCUT2D eigenvalue weighted by Gasteiger charge is -2.36. The summed E-state index contributed by atoms with van der Waals surface area (Å²) in [7, 11) is 0. The van der Waals surface area contributed by atoms with Crippen molar-refractivity contribution in [3.63, 3.8) is 0 Å². The van der Waals surface area contributed by atoms with E-state index in [4.69, 9.17) is 9.47 Å². The van der Waals surface area contributed by atoms with Crippen LogP contribution in [-0.2, 0) is 11.3 Å². The summed E-state index contributed by atoms with van der Waals surface area (Å²) >= 11 is 0. The average Bonchev–Trinajstić information content (AvgIpc) is 2.54. The predicted octanol–water partition coefficient (Wildman–Crippen LogP) is 2.00. The number of hydrogen-bond acceptors (Lipinski definition) is 4. The van der Waals surface area contributed by atoms with Gasteiger partial charge in [0.15, 0.2) is 0 Å². The molecule has 4 nitrogen and oxygen atoms in total. The molecule has 0 aromatic heterocycles. The van der Waals surface area contributed by atoms with Gasteiger partial charge in [-0.25, -0.2) is 0 Å². The van der Waals surface area contributed by atoms with Crippen molar-refractivity contribution in [2.45, 2.75) is 19.0 Å². The molecule has 1 aromatic rings. The van der Waals surface area contributed by atoms with Gasteiger partial charge in [0.1, 0.15) is 25.0 Å². The van der Waals surface area contributed by atoms with Gasteiger partial charge in [-0.05, 0) is 18.6 Å². The van der Waals surface area contributed by atoms with Crippen LogP contribution >= 0.6 is 0 Å². The van der Waals surface area contributed by atoms with E-state index in [1.165, 1.54) is 11.1 Å². The van der Waals surface area contributed by atoms with Gasteiger partial charge in [-0.2, -0.15) is 0 Å². The maximum atomic E-state index is 5.85. The first-order valence-electron chi connectivity index (χ1n) is 7.09. The fraction of sp³-hybridized carbons (Fsp3) is 0.375. The summed E-state index contributed by atoms with van der Waals surface area (Å²) in [5.74, 6) is 2.07. The maximum absolute atomic E-state index is 5.85. The predicted molar refractivity (Wildman–Crippen MR) is 76.0 cm³/mol. The van der Waals surface area contributed by atoms with Gasteiger partial charge in [0.25, 0.3) is 0 Å². The molecule has 0 saturated carbocycles. The Labute approximate surface area is 118 Å². The Morgan fingerprint density at radius 2 is 2.15 bits per heavy atom. The molecule has 1 saturated heterocycles. The van der Waals surface area contributed by atoms with E-state index in [-0.39, 0.29) is 0 Å². The number of rotatable bonds is 1. The second-order valence-electron chi connectivity index (χ2n) is 5.41. The first-order valence-corrected chi connectivity index (χ1v) is 7.09. The molecule has 1 atom stereocenters. The molecule has 1 unspecified atom stereocenters. The summed E-state index contributed by atoms with van der Waals surface area (Å²) in [6.45, 7) is 3.12. The standard InChI is InChI=1S/C16H18N2O2/c1-2-4-15-12(3-1)9-18(11-20-15)14-5-6-16-13(7-14)8-17-10-19-16/h1-4,6-7,14,17H,5,8-11H2. The minimum Gasteiger partial charge on any atom is -0.478 e. The largest absolute Gasteiger partial charge is 0.478 e. The van der Waals surface area contributed by atoms with Crippen molar-refractivity contribution in [3.05, 3.63) is 53.3 Å². The Morgan fingerprint density at radius 1 is 1.20 bits per heavy atom. The highest BCUT2D eigenvalue weighted by molar-refractivity contribution is 5.36. The van der Waals surface area contributed by atoms with E-state index < -0.39 is 0 Å². The number of nitrogens with one attached hydrogen (secondary N) is 1. The molecule has 104 valence electrons. The Morgan fingerprint density at radius 3 is 3.15 bits per heavy atom. The minimum absolute atomic E-state index is 0.394. The van der Waals surface area contributed by atoms with Gasteiger partial charge in [0.05, 0.1) is 0 Å². The molecule has 0 amide bonds. The van der Waals surface area contributed by atoms with Crippen LogP contribution in [0.25, 0.3) is 0 Å². The van der Waals surface area contributed by atoms with Crippen molar-refractivity contribution < 1.29 is 9.47 Å².